The Morgan fingerprint density at radius 3 is 2.05 bits per heavy atom. The fourth-order valence-corrected chi connectivity index (χ4v) is 8.67. The van der Waals surface area contributed by atoms with E-state index < -0.39 is 0 Å². The molecule has 0 bridgehead atoms. The van der Waals surface area contributed by atoms with Crippen molar-refractivity contribution in [2.45, 2.75) is 174 Å². The van der Waals surface area contributed by atoms with E-state index in [1.54, 1.807) is 0 Å². The van der Waals surface area contributed by atoms with Crippen LogP contribution in [0.4, 0.5) is 0 Å². The Balaban J connectivity index is 2.19. The highest BCUT2D eigenvalue weighted by atomic mass is 16.5. The van der Waals surface area contributed by atoms with Crippen LogP contribution < -0.4 is 0 Å². The Hall–Kier alpha value is -0.340. The number of rotatable bonds is 22. The molecule has 0 N–H and O–H groups in total. The molecule has 2 nitrogen and oxygen atoms in total. The van der Waals surface area contributed by atoms with Crippen molar-refractivity contribution >= 4 is 0 Å². The predicted molar refractivity (Wildman–Crippen MR) is 176 cm³/mol. The van der Waals surface area contributed by atoms with Gasteiger partial charge >= 0.3 is 0 Å². The van der Waals surface area contributed by atoms with Gasteiger partial charge in [-0.1, -0.05) is 135 Å². The number of ether oxygens (including phenoxy) is 2. The van der Waals surface area contributed by atoms with Crippen molar-refractivity contribution in [2.75, 3.05) is 27.4 Å². The minimum atomic E-state index is 0.476. The number of allylic oxidation sites excluding steroid dienone is 2. The number of hydrogen-bond acceptors (Lipinski definition) is 2. The maximum atomic E-state index is 5.99. The number of hydrogen-bond donors (Lipinski definition) is 0. The van der Waals surface area contributed by atoms with Gasteiger partial charge in [-0.3, -0.25) is 0 Å². The average Bonchev–Trinajstić information content (AvgIpc) is 2.95. The molecule has 1 spiro atoms. The second kappa shape index (κ2) is 23.2. The Bertz CT molecular complexity index is 600. The summed E-state index contributed by atoms with van der Waals surface area (Å²) in [5.41, 5.74) is 0.476. The summed E-state index contributed by atoms with van der Waals surface area (Å²) in [6.07, 6.45) is 40.6. The first-order valence-electron chi connectivity index (χ1n) is 18.4. The minimum Gasteiger partial charge on any atom is -0.385 e. The Labute approximate surface area is 252 Å². The van der Waals surface area contributed by atoms with Crippen molar-refractivity contribution in [3.05, 3.63) is 12.2 Å². The third kappa shape index (κ3) is 12.9. The summed E-state index contributed by atoms with van der Waals surface area (Å²) < 4.78 is 11.2. The van der Waals surface area contributed by atoms with Crippen LogP contribution in [0, 0.1) is 29.1 Å². The van der Waals surface area contributed by atoms with Crippen LogP contribution in [0.15, 0.2) is 12.2 Å². The van der Waals surface area contributed by atoms with Crippen LogP contribution in [0.1, 0.15) is 174 Å². The molecule has 2 heteroatoms. The van der Waals surface area contributed by atoms with Gasteiger partial charge in [-0.25, -0.2) is 0 Å². The van der Waals surface area contributed by atoms with Gasteiger partial charge in [0.25, 0.3) is 0 Å². The van der Waals surface area contributed by atoms with Crippen LogP contribution in [-0.4, -0.2) is 27.4 Å². The third-order valence-electron chi connectivity index (χ3n) is 11.0. The molecular formula is C38H72O2. The lowest BCUT2D eigenvalue weighted by atomic mass is 9.50. The fraction of sp³-hybridized carbons (Fsp3) is 0.947. The molecule has 0 saturated heterocycles. The van der Waals surface area contributed by atoms with E-state index in [0.717, 1.165) is 36.9 Å². The molecule has 0 aromatic rings. The monoisotopic (exact) mass is 561 g/mol. The lowest BCUT2D eigenvalue weighted by Crippen LogP contribution is -2.48. The molecule has 0 heterocycles. The summed E-state index contributed by atoms with van der Waals surface area (Å²) in [7, 11) is 3.79. The van der Waals surface area contributed by atoms with Gasteiger partial charge in [0.2, 0.25) is 0 Å². The predicted octanol–water partition coefficient (Wildman–Crippen LogP) is 12.1. The summed E-state index contributed by atoms with van der Waals surface area (Å²) in [5.74, 6) is 3.35. The molecule has 2 fully saturated rings. The molecule has 5 atom stereocenters. The molecule has 2 aliphatic carbocycles. The zero-order valence-electron chi connectivity index (χ0n) is 27.9. The van der Waals surface area contributed by atoms with Crippen LogP contribution in [0.3, 0.4) is 0 Å². The van der Waals surface area contributed by atoms with Gasteiger partial charge in [0.1, 0.15) is 0 Å². The molecule has 0 aromatic heterocycles. The Morgan fingerprint density at radius 2 is 1.32 bits per heavy atom. The van der Waals surface area contributed by atoms with E-state index in [1.807, 2.05) is 14.2 Å². The summed E-state index contributed by atoms with van der Waals surface area (Å²) in [6.45, 7) is 6.63. The van der Waals surface area contributed by atoms with Crippen molar-refractivity contribution in [2.24, 2.45) is 29.1 Å². The molecule has 236 valence electrons. The molecule has 2 aliphatic rings. The van der Waals surface area contributed by atoms with E-state index >= 15 is 0 Å². The molecule has 40 heavy (non-hydrogen) atoms. The van der Waals surface area contributed by atoms with Crippen molar-refractivity contribution in [3.8, 4) is 0 Å². The first-order valence-corrected chi connectivity index (χ1v) is 18.4. The van der Waals surface area contributed by atoms with E-state index in [4.69, 9.17) is 9.47 Å². The fourth-order valence-electron chi connectivity index (χ4n) is 8.67. The van der Waals surface area contributed by atoms with Gasteiger partial charge in [-0.05, 0) is 80.5 Å². The average molecular weight is 561 g/mol. The van der Waals surface area contributed by atoms with Gasteiger partial charge < -0.3 is 9.47 Å². The Morgan fingerprint density at radius 1 is 0.650 bits per heavy atom. The van der Waals surface area contributed by atoms with Crippen LogP contribution >= 0.6 is 0 Å². The van der Waals surface area contributed by atoms with E-state index in [-0.39, 0.29) is 0 Å². The highest BCUT2D eigenvalue weighted by Crippen LogP contribution is 2.58. The van der Waals surface area contributed by atoms with E-state index in [1.165, 1.54) is 161 Å². The maximum absolute atomic E-state index is 5.99. The van der Waals surface area contributed by atoms with Crippen molar-refractivity contribution < 1.29 is 9.47 Å². The van der Waals surface area contributed by atoms with Crippen LogP contribution in [0.25, 0.3) is 0 Å². The third-order valence-corrected chi connectivity index (χ3v) is 11.0. The van der Waals surface area contributed by atoms with Crippen LogP contribution in [0.5, 0.6) is 0 Å². The zero-order valence-corrected chi connectivity index (χ0v) is 27.9. The van der Waals surface area contributed by atoms with Gasteiger partial charge in [-0.15, -0.1) is 0 Å². The van der Waals surface area contributed by atoms with E-state index in [9.17, 15) is 0 Å². The molecule has 2 rings (SSSR count). The first-order chi connectivity index (χ1) is 19.7. The van der Waals surface area contributed by atoms with Crippen LogP contribution in [0.2, 0.25) is 0 Å². The normalized spacial score (nSPS) is 27.8. The summed E-state index contributed by atoms with van der Waals surface area (Å²) in [4.78, 5) is 0. The largest absolute Gasteiger partial charge is 0.385 e. The van der Waals surface area contributed by atoms with Gasteiger partial charge in [-0.2, -0.15) is 0 Å². The maximum Gasteiger partial charge on any atom is 0.0496 e. The Kier molecular flexibility index (Phi) is 20.8. The summed E-state index contributed by atoms with van der Waals surface area (Å²) in [6, 6.07) is 0. The topological polar surface area (TPSA) is 18.5 Å². The SMILES string of the molecule is CCCCCCC1CCC2(CCCCCCC2COC)C(/C=C\CCCCCCCCOC)C1CCCCCC. The van der Waals surface area contributed by atoms with E-state index in [2.05, 4.69) is 26.0 Å². The van der Waals surface area contributed by atoms with Crippen molar-refractivity contribution in [1.29, 1.82) is 0 Å². The van der Waals surface area contributed by atoms with E-state index in [0.29, 0.717) is 5.41 Å². The molecular weight excluding hydrogens is 488 g/mol. The zero-order chi connectivity index (χ0) is 28.7. The standard InChI is InChI=1S/C38H72O2/c1-5-7-9-19-25-34-29-31-38(30-23-17-16-20-26-35(38)33-40-4)37(36(34)27-21-10-8-6-2)28-22-15-13-11-12-14-18-24-32-39-3/h22,28,34-37H,5-21,23-27,29-33H2,1-4H3/b28-22-. The molecule has 0 aromatic carbocycles. The molecule has 5 unspecified atom stereocenters. The smallest absolute Gasteiger partial charge is 0.0496 e. The molecule has 0 aliphatic heterocycles. The highest BCUT2D eigenvalue weighted by molar-refractivity contribution is 5.08. The molecule has 0 radical (unpaired) electrons. The van der Waals surface area contributed by atoms with Gasteiger partial charge in [0, 0.05) is 27.4 Å². The van der Waals surface area contributed by atoms with Gasteiger partial charge in [0.15, 0.2) is 0 Å². The quantitative estimate of drug-likeness (QED) is 0.0968. The van der Waals surface area contributed by atoms with Crippen LogP contribution in [-0.2, 0) is 9.47 Å². The lowest BCUT2D eigenvalue weighted by Gasteiger charge is -2.55. The van der Waals surface area contributed by atoms with Crippen molar-refractivity contribution in [1.82, 2.24) is 0 Å². The second-order valence-electron chi connectivity index (χ2n) is 13.9. The molecule has 0 amide bonds. The summed E-state index contributed by atoms with van der Waals surface area (Å²) >= 11 is 0. The number of methoxy groups -OCH3 is 2. The first kappa shape index (κ1) is 35.9. The summed E-state index contributed by atoms with van der Waals surface area (Å²) in [5, 5.41) is 0. The lowest BCUT2D eigenvalue weighted by molar-refractivity contribution is -0.0638. The molecule has 2 saturated carbocycles. The minimum absolute atomic E-state index is 0.476. The second-order valence-corrected chi connectivity index (χ2v) is 13.9. The number of unbranched alkanes of at least 4 members (excludes halogenated alkanes) is 12. The van der Waals surface area contributed by atoms with Gasteiger partial charge in [0.05, 0.1) is 0 Å². The van der Waals surface area contributed by atoms with Crippen molar-refractivity contribution in [3.63, 3.8) is 0 Å². The highest BCUT2D eigenvalue weighted by Gasteiger charge is 2.51.